The molecule has 100 valence electrons. The first-order valence-corrected chi connectivity index (χ1v) is 6.04. The molecular formula is C13H22N4O. The number of urea groups is 1. The minimum atomic E-state index is -0.196. The number of nitrogens with zero attached hydrogens (tertiary/aromatic N) is 1. The van der Waals surface area contributed by atoms with Crippen molar-refractivity contribution >= 4 is 11.7 Å². The number of carbonyl (C=O) groups is 1. The van der Waals surface area contributed by atoms with Crippen molar-refractivity contribution in [1.29, 1.82) is 0 Å². The number of hydrogen-bond acceptors (Lipinski definition) is 3. The molecule has 4 N–H and O–H groups in total. The number of rotatable bonds is 5. The zero-order valence-corrected chi connectivity index (χ0v) is 11.2. The lowest BCUT2D eigenvalue weighted by Crippen LogP contribution is -2.34. The first kappa shape index (κ1) is 14.5. The Morgan fingerprint density at radius 1 is 1.44 bits per heavy atom. The van der Waals surface area contributed by atoms with Crippen LogP contribution in [0.5, 0.6) is 0 Å². The topological polar surface area (TPSA) is 70.4 Å². The van der Waals surface area contributed by atoms with E-state index in [4.69, 9.17) is 5.73 Å². The van der Waals surface area contributed by atoms with Crippen molar-refractivity contribution in [2.45, 2.75) is 13.0 Å². The summed E-state index contributed by atoms with van der Waals surface area (Å²) in [6, 6.07) is 7.32. The van der Waals surface area contributed by atoms with Gasteiger partial charge in [-0.3, -0.25) is 0 Å². The lowest BCUT2D eigenvalue weighted by atomic mass is 10.1. The van der Waals surface area contributed by atoms with Crippen LogP contribution in [0.4, 0.5) is 10.5 Å². The molecule has 0 aromatic heterocycles. The summed E-state index contributed by atoms with van der Waals surface area (Å²) in [5.41, 5.74) is 7.55. The minimum absolute atomic E-state index is 0.0384. The van der Waals surface area contributed by atoms with Crippen LogP contribution >= 0.6 is 0 Å². The van der Waals surface area contributed by atoms with Gasteiger partial charge in [0.2, 0.25) is 0 Å². The summed E-state index contributed by atoms with van der Waals surface area (Å²) in [7, 11) is 3.93. The Bertz CT molecular complexity index is 390. The van der Waals surface area contributed by atoms with Crippen molar-refractivity contribution in [3.8, 4) is 0 Å². The zero-order valence-electron chi connectivity index (χ0n) is 11.2. The molecular weight excluding hydrogens is 228 g/mol. The largest absolute Gasteiger partial charge is 0.337 e. The monoisotopic (exact) mass is 250 g/mol. The van der Waals surface area contributed by atoms with Gasteiger partial charge in [-0.15, -0.1) is 0 Å². The molecule has 0 bridgehead atoms. The van der Waals surface area contributed by atoms with Crippen molar-refractivity contribution in [3.63, 3.8) is 0 Å². The average molecular weight is 250 g/mol. The van der Waals surface area contributed by atoms with Gasteiger partial charge in [0.1, 0.15) is 0 Å². The van der Waals surface area contributed by atoms with Gasteiger partial charge >= 0.3 is 6.03 Å². The van der Waals surface area contributed by atoms with Crippen molar-refractivity contribution in [2.24, 2.45) is 5.73 Å². The number of benzene rings is 1. The van der Waals surface area contributed by atoms with E-state index in [0.29, 0.717) is 6.54 Å². The second-order valence-corrected chi connectivity index (χ2v) is 4.60. The van der Waals surface area contributed by atoms with E-state index in [2.05, 4.69) is 10.6 Å². The Balaban J connectivity index is 2.46. The quantitative estimate of drug-likeness (QED) is 0.739. The molecule has 0 heterocycles. The smallest absolute Gasteiger partial charge is 0.319 e. The van der Waals surface area contributed by atoms with Crippen molar-refractivity contribution in [2.75, 3.05) is 32.5 Å². The van der Waals surface area contributed by atoms with Crippen LogP contribution in [0.1, 0.15) is 18.5 Å². The molecule has 2 amide bonds. The van der Waals surface area contributed by atoms with Crippen LogP contribution < -0.4 is 16.4 Å². The zero-order chi connectivity index (χ0) is 13.5. The Morgan fingerprint density at radius 2 is 2.17 bits per heavy atom. The number of nitrogens with one attached hydrogen (secondary N) is 2. The third-order valence-corrected chi connectivity index (χ3v) is 2.51. The predicted molar refractivity (Wildman–Crippen MR) is 74.6 cm³/mol. The molecule has 0 saturated carbocycles. The summed E-state index contributed by atoms with van der Waals surface area (Å²) in [4.78, 5) is 13.6. The molecule has 0 aliphatic carbocycles. The molecule has 1 atom stereocenters. The molecule has 0 aliphatic rings. The van der Waals surface area contributed by atoms with Gasteiger partial charge in [-0.2, -0.15) is 0 Å². The molecule has 1 aromatic rings. The molecule has 0 saturated heterocycles. The van der Waals surface area contributed by atoms with E-state index in [1.165, 1.54) is 0 Å². The van der Waals surface area contributed by atoms with Gasteiger partial charge in [-0.1, -0.05) is 12.1 Å². The Labute approximate surface area is 108 Å². The third kappa shape index (κ3) is 5.16. The Hall–Kier alpha value is -1.59. The van der Waals surface area contributed by atoms with Gasteiger partial charge in [-0.25, -0.2) is 4.79 Å². The van der Waals surface area contributed by atoms with E-state index in [0.717, 1.165) is 17.8 Å². The maximum Gasteiger partial charge on any atom is 0.319 e. The van der Waals surface area contributed by atoms with E-state index in [9.17, 15) is 4.79 Å². The van der Waals surface area contributed by atoms with E-state index >= 15 is 0 Å². The molecule has 1 aromatic carbocycles. The van der Waals surface area contributed by atoms with Crippen LogP contribution in [0.25, 0.3) is 0 Å². The van der Waals surface area contributed by atoms with Crippen LogP contribution in [0.3, 0.4) is 0 Å². The number of likely N-dealkylation sites (N-methyl/N-ethyl adjacent to an activating group) is 1. The van der Waals surface area contributed by atoms with Crippen LogP contribution in [-0.2, 0) is 0 Å². The van der Waals surface area contributed by atoms with Crippen LogP contribution in [0, 0.1) is 0 Å². The summed E-state index contributed by atoms with van der Waals surface area (Å²) < 4.78 is 0. The van der Waals surface area contributed by atoms with Crippen molar-refractivity contribution in [3.05, 3.63) is 29.8 Å². The van der Waals surface area contributed by atoms with E-state index < -0.39 is 0 Å². The first-order valence-electron chi connectivity index (χ1n) is 6.04. The number of amides is 2. The van der Waals surface area contributed by atoms with Crippen LogP contribution in [0.2, 0.25) is 0 Å². The highest BCUT2D eigenvalue weighted by molar-refractivity contribution is 5.89. The van der Waals surface area contributed by atoms with Gasteiger partial charge in [0.25, 0.3) is 0 Å². The highest BCUT2D eigenvalue weighted by Crippen LogP contribution is 2.15. The fourth-order valence-electron chi connectivity index (χ4n) is 1.47. The Morgan fingerprint density at radius 3 is 2.78 bits per heavy atom. The summed E-state index contributed by atoms with van der Waals surface area (Å²) in [6.07, 6.45) is 0. The van der Waals surface area contributed by atoms with Gasteiger partial charge in [-0.05, 0) is 38.7 Å². The fraction of sp³-hybridized carbons (Fsp3) is 0.462. The van der Waals surface area contributed by atoms with Gasteiger partial charge in [0.15, 0.2) is 0 Å². The summed E-state index contributed by atoms with van der Waals surface area (Å²) in [6.45, 7) is 3.34. The van der Waals surface area contributed by atoms with Crippen LogP contribution in [-0.4, -0.2) is 38.1 Å². The molecule has 0 spiro atoms. The maximum absolute atomic E-state index is 11.6. The molecule has 0 aliphatic heterocycles. The second-order valence-electron chi connectivity index (χ2n) is 4.60. The van der Waals surface area contributed by atoms with Gasteiger partial charge in [0, 0.05) is 24.8 Å². The van der Waals surface area contributed by atoms with Crippen LogP contribution in [0.15, 0.2) is 24.3 Å². The average Bonchev–Trinajstić information content (AvgIpc) is 2.28. The highest BCUT2D eigenvalue weighted by atomic mass is 16.2. The maximum atomic E-state index is 11.6. The summed E-state index contributed by atoms with van der Waals surface area (Å²) >= 11 is 0. The molecule has 0 fully saturated rings. The van der Waals surface area contributed by atoms with E-state index in [-0.39, 0.29) is 12.1 Å². The van der Waals surface area contributed by atoms with Gasteiger partial charge < -0.3 is 21.3 Å². The van der Waals surface area contributed by atoms with E-state index in [1.807, 2.05) is 50.2 Å². The first-order chi connectivity index (χ1) is 8.49. The summed E-state index contributed by atoms with van der Waals surface area (Å²) in [5, 5.41) is 5.58. The second kappa shape index (κ2) is 6.98. The SMILES string of the molecule is CC(N)c1cccc(NC(=O)NCCN(C)C)c1. The Kier molecular flexibility index (Phi) is 5.61. The molecule has 5 heteroatoms. The lowest BCUT2D eigenvalue weighted by molar-refractivity contribution is 0.250. The normalized spacial score (nSPS) is 12.3. The molecule has 0 radical (unpaired) electrons. The van der Waals surface area contributed by atoms with E-state index in [1.54, 1.807) is 0 Å². The van der Waals surface area contributed by atoms with Gasteiger partial charge in [0.05, 0.1) is 0 Å². The summed E-state index contributed by atoms with van der Waals surface area (Å²) in [5.74, 6) is 0. The minimum Gasteiger partial charge on any atom is -0.337 e. The van der Waals surface area contributed by atoms with Crippen molar-refractivity contribution < 1.29 is 4.79 Å². The lowest BCUT2D eigenvalue weighted by Gasteiger charge is -2.12. The number of anilines is 1. The predicted octanol–water partition coefficient (Wildman–Crippen LogP) is 1.39. The standard InChI is InChI=1S/C13H22N4O/c1-10(14)11-5-4-6-12(9-11)16-13(18)15-7-8-17(2)3/h4-6,9-10H,7-8,14H2,1-3H3,(H2,15,16,18). The molecule has 1 rings (SSSR count). The third-order valence-electron chi connectivity index (χ3n) is 2.51. The molecule has 18 heavy (non-hydrogen) atoms. The number of nitrogens with two attached hydrogens (primary N) is 1. The fourth-order valence-corrected chi connectivity index (χ4v) is 1.47. The van der Waals surface area contributed by atoms with Crippen molar-refractivity contribution in [1.82, 2.24) is 10.2 Å². The number of hydrogen-bond donors (Lipinski definition) is 3. The molecule has 1 unspecified atom stereocenters. The highest BCUT2D eigenvalue weighted by Gasteiger charge is 2.04. The number of carbonyl (C=O) groups excluding carboxylic acids is 1. The molecule has 5 nitrogen and oxygen atoms in total.